The number of aliphatic hydroxyl groups excluding tert-OH is 1. The van der Waals surface area contributed by atoms with Gasteiger partial charge in [0.1, 0.15) is 0 Å². The van der Waals surface area contributed by atoms with Gasteiger partial charge in [0.2, 0.25) is 0 Å². The van der Waals surface area contributed by atoms with Crippen molar-refractivity contribution in [2.75, 3.05) is 55.4 Å². The van der Waals surface area contributed by atoms with Gasteiger partial charge in [-0.05, 0) is 42.8 Å². The number of carbonyl (C=O) groups excluding carboxylic acids is 2. The van der Waals surface area contributed by atoms with Crippen LogP contribution in [0.5, 0.6) is 0 Å². The zero-order valence-electron chi connectivity index (χ0n) is 16.2. The molecule has 8 heteroatoms. The number of benzene rings is 1. The van der Waals surface area contributed by atoms with E-state index in [0.29, 0.717) is 21.9 Å². The van der Waals surface area contributed by atoms with Crippen molar-refractivity contribution in [2.24, 2.45) is 0 Å². The predicted octanol–water partition coefficient (Wildman–Crippen LogP) is 2.51. The molecule has 1 aromatic heterocycles. The van der Waals surface area contributed by atoms with Crippen molar-refractivity contribution >= 4 is 51.9 Å². The van der Waals surface area contributed by atoms with Crippen molar-refractivity contribution in [1.82, 2.24) is 4.90 Å². The second-order valence-electron chi connectivity index (χ2n) is 7.01. The lowest BCUT2D eigenvalue weighted by Gasteiger charge is -2.34. The third-order valence-electron chi connectivity index (χ3n) is 5.12. The highest BCUT2D eigenvalue weighted by molar-refractivity contribution is 8.04. The van der Waals surface area contributed by atoms with E-state index < -0.39 is 0 Å². The molecule has 6 nitrogen and oxygen atoms in total. The number of piperazine rings is 1. The molecule has 2 aliphatic rings. The first-order valence-electron chi connectivity index (χ1n) is 9.54. The second-order valence-corrected chi connectivity index (χ2v) is 9.06. The van der Waals surface area contributed by atoms with E-state index in [1.165, 1.54) is 28.0 Å². The van der Waals surface area contributed by atoms with Gasteiger partial charge in [-0.1, -0.05) is 6.07 Å². The third kappa shape index (κ3) is 3.98. The molecule has 0 saturated carbocycles. The van der Waals surface area contributed by atoms with Gasteiger partial charge in [0.05, 0.1) is 22.8 Å². The average molecular weight is 430 g/mol. The van der Waals surface area contributed by atoms with Crippen LogP contribution in [0.4, 0.5) is 11.4 Å². The van der Waals surface area contributed by atoms with Crippen molar-refractivity contribution in [3.05, 3.63) is 51.6 Å². The lowest BCUT2D eigenvalue weighted by Crippen LogP contribution is -2.44. The fourth-order valence-corrected chi connectivity index (χ4v) is 5.23. The number of likely N-dealkylation sites (N-methyl/N-ethyl adjacent to an activating group) is 1. The quantitative estimate of drug-likeness (QED) is 0.712. The Morgan fingerprint density at radius 3 is 2.31 bits per heavy atom. The van der Waals surface area contributed by atoms with E-state index in [1.807, 2.05) is 41.8 Å². The SMILES string of the molecule is CN1CCN(c2ccc(N3C(=O)C(SCCO)=C(c4cccs4)C3=O)cc2)CC1. The van der Waals surface area contributed by atoms with Crippen LogP contribution >= 0.6 is 23.1 Å². The van der Waals surface area contributed by atoms with Crippen molar-refractivity contribution in [3.63, 3.8) is 0 Å². The van der Waals surface area contributed by atoms with E-state index >= 15 is 0 Å². The van der Waals surface area contributed by atoms with Crippen LogP contribution < -0.4 is 9.80 Å². The van der Waals surface area contributed by atoms with Crippen molar-refractivity contribution in [3.8, 4) is 0 Å². The highest BCUT2D eigenvalue weighted by Gasteiger charge is 2.40. The van der Waals surface area contributed by atoms with Crippen LogP contribution in [0.2, 0.25) is 0 Å². The Bertz CT molecular complexity index is 917. The number of rotatable bonds is 6. The topological polar surface area (TPSA) is 64.1 Å². The van der Waals surface area contributed by atoms with E-state index in [0.717, 1.165) is 36.7 Å². The van der Waals surface area contributed by atoms with Gasteiger partial charge >= 0.3 is 0 Å². The summed E-state index contributed by atoms with van der Waals surface area (Å²) in [6.45, 7) is 3.91. The van der Waals surface area contributed by atoms with Crippen LogP contribution in [-0.4, -0.2) is 67.4 Å². The Balaban J connectivity index is 1.59. The van der Waals surface area contributed by atoms with Gasteiger partial charge in [0.25, 0.3) is 11.8 Å². The molecule has 1 fully saturated rings. The number of hydrogen-bond donors (Lipinski definition) is 1. The molecule has 2 aromatic rings. The molecule has 29 heavy (non-hydrogen) atoms. The summed E-state index contributed by atoms with van der Waals surface area (Å²) >= 11 is 2.68. The molecule has 0 atom stereocenters. The van der Waals surface area contributed by atoms with E-state index in [2.05, 4.69) is 16.8 Å². The molecule has 152 valence electrons. The monoisotopic (exact) mass is 429 g/mol. The van der Waals surface area contributed by atoms with Gasteiger partial charge in [-0.15, -0.1) is 23.1 Å². The fraction of sp³-hybridized carbons (Fsp3) is 0.333. The Labute approximate surface area is 178 Å². The maximum Gasteiger partial charge on any atom is 0.272 e. The largest absolute Gasteiger partial charge is 0.396 e. The first-order chi connectivity index (χ1) is 14.1. The Hall–Kier alpha value is -2.13. The van der Waals surface area contributed by atoms with Gasteiger partial charge in [0.15, 0.2) is 0 Å². The van der Waals surface area contributed by atoms with Crippen LogP contribution in [0.3, 0.4) is 0 Å². The molecular weight excluding hydrogens is 406 g/mol. The Morgan fingerprint density at radius 2 is 1.69 bits per heavy atom. The number of hydrogen-bond acceptors (Lipinski definition) is 7. The highest BCUT2D eigenvalue weighted by Crippen LogP contribution is 2.40. The summed E-state index contributed by atoms with van der Waals surface area (Å²) < 4.78 is 0. The molecule has 0 unspecified atom stereocenters. The number of thiophene rings is 1. The number of carbonyl (C=O) groups is 2. The van der Waals surface area contributed by atoms with Crippen molar-refractivity contribution in [1.29, 1.82) is 0 Å². The molecule has 1 saturated heterocycles. The molecule has 0 spiro atoms. The summed E-state index contributed by atoms with van der Waals surface area (Å²) in [6.07, 6.45) is 0. The van der Waals surface area contributed by atoms with E-state index in [1.54, 1.807) is 0 Å². The minimum atomic E-state index is -0.316. The molecule has 2 amide bonds. The number of anilines is 2. The smallest absolute Gasteiger partial charge is 0.272 e. The molecule has 0 bridgehead atoms. The molecule has 0 radical (unpaired) electrons. The Kier molecular flexibility index (Phi) is 6.05. The van der Waals surface area contributed by atoms with Gasteiger partial charge in [-0.3, -0.25) is 9.59 Å². The maximum absolute atomic E-state index is 13.2. The minimum absolute atomic E-state index is 0.0485. The summed E-state index contributed by atoms with van der Waals surface area (Å²) in [4.78, 5) is 33.3. The summed E-state index contributed by atoms with van der Waals surface area (Å²) in [5, 5.41) is 11.1. The molecule has 1 N–H and O–H groups in total. The number of imide groups is 1. The summed E-state index contributed by atoms with van der Waals surface area (Å²) in [6, 6.07) is 11.4. The van der Waals surface area contributed by atoms with Crippen LogP contribution in [0.25, 0.3) is 5.57 Å². The lowest BCUT2D eigenvalue weighted by atomic mass is 10.2. The normalized spacial score (nSPS) is 18.3. The van der Waals surface area contributed by atoms with Gasteiger partial charge in [-0.25, -0.2) is 4.90 Å². The number of thioether (sulfide) groups is 1. The summed E-state index contributed by atoms with van der Waals surface area (Å²) in [5.74, 6) is -0.242. The third-order valence-corrected chi connectivity index (χ3v) is 7.06. The first kappa shape index (κ1) is 20.2. The lowest BCUT2D eigenvalue weighted by molar-refractivity contribution is -0.119. The zero-order chi connectivity index (χ0) is 20.4. The fourth-order valence-electron chi connectivity index (χ4n) is 3.54. The van der Waals surface area contributed by atoms with Crippen LogP contribution in [-0.2, 0) is 9.59 Å². The summed E-state index contributed by atoms with van der Waals surface area (Å²) in [5.41, 5.74) is 2.11. The maximum atomic E-state index is 13.2. The van der Waals surface area contributed by atoms with Gasteiger partial charge in [0, 0.05) is 42.5 Å². The summed E-state index contributed by atoms with van der Waals surface area (Å²) in [7, 11) is 2.12. The molecule has 3 heterocycles. The number of aliphatic hydroxyl groups is 1. The standard InChI is InChI=1S/C21H23N3O3S2/c1-22-8-10-23(11-9-22)15-4-6-16(7-5-15)24-20(26)18(17-3-2-13-28-17)19(21(24)27)29-14-12-25/h2-7,13,25H,8-12,14H2,1H3. The van der Waals surface area contributed by atoms with Crippen LogP contribution in [0.15, 0.2) is 46.7 Å². The molecular formula is C21H23N3O3S2. The first-order valence-corrected chi connectivity index (χ1v) is 11.4. The highest BCUT2D eigenvalue weighted by atomic mass is 32.2. The van der Waals surface area contributed by atoms with Gasteiger partial charge in [-0.2, -0.15) is 0 Å². The molecule has 4 rings (SSSR count). The molecule has 0 aliphatic carbocycles. The zero-order valence-corrected chi connectivity index (χ0v) is 17.8. The molecule has 1 aromatic carbocycles. The van der Waals surface area contributed by atoms with E-state index in [4.69, 9.17) is 0 Å². The van der Waals surface area contributed by atoms with Crippen molar-refractivity contribution < 1.29 is 14.7 Å². The van der Waals surface area contributed by atoms with Crippen LogP contribution in [0, 0.1) is 0 Å². The molecule has 2 aliphatic heterocycles. The Morgan fingerprint density at radius 1 is 1.00 bits per heavy atom. The predicted molar refractivity (Wildman–Crippen MR) is 119 cm³/mol. The van der Waals surface area contributed by atoms with E-state index in [-0.39, 0.29) is 18.4 Å². The van der Waals surface area contributed by atoms with Crippen LogP contribution in [0.1, 0.15) is 4.88 Å². The minimum Gasteiger partial charge on any atom is -0.396 e. The average Bonchev–Trinajstić information content (AvgIpc) is 3.33. The van der Waals surface area contributed by atoms with Gasteiger partial charge < -0.3 is 14.9 Å². The van der Waals surface area contributed by atoms with E-state index in [9.17, 15) is 14.7 Å². The van der Waals surface area contributed by atoms with Crippen molar-refractivity contribution in [2.45, 2.75) is 0 Å². The number of nitrogens with zero attached hydrogens (tertiary/aromatic N) is 3. The second kappa shape index (κ2) is 8.71. The number of amides is 2.